The molecule has 0 radical (unpaired) electrons. The van der Waals surface area contributed by atoms with Crippen molar-refractivity contribution in [3.8, 4) is 0 Å². The van der Waals surface area contributed by atoms with Crippen molar-refractivity contribution >= 4 is 5.65 Å². The number of nitrogens with zero attached hydrogens (tertiary/aromatic N) is 2. The Morgan fingerprint density at radius 3 is 2.78 bits per heavy atom. The van der Waals surface area contributed by atoms with Crippen LogP contribution in [0, 0.1) is 0 Å². The van der Waals surface area contributed by atoms with E-state index in [2.05, 4.69) is 10.3 Å². The normalized spacial score (nSPS) is 20.7. The van der Waals surface area contributed by atoms with Crippen molar-refractivity contribution in [2.45, 2.75) is 25.1 Å². The number of halogens is 3. The van der Waals surface area contributed by atoms with Crippen LogP contribution in [-0.2, 0) is 6.18 Å². The van der Waals surface area contributed by atoms with Crippen LogP contribution in [0.15, 0.2) is 24.5 Å². The Balaban J connectivity index is 2.01. The van der Waals surface area contributed by atoms with Crippen molar-refractivity contribution in [3.63, 3.8) is 0 Å². The van der Waals surface area contributed by atoms with Gasteiger partial charge >= 0.3 is 6.18 Å². The lowest BCUT2D eigenvalue weighted by atomic mass is 10.2. The highest BCUT2D eigenvalue weighted by molar-refractivity contribution is 5.42. The van der Waals surface area contributed by atoms with Gasteiger partial charge in [-0.1, -0.05) is 0 Å². The van der Waals surface area contributed by atoms with Gasteiger partial charge in [0.2, 0.25) is 0 Å². The van der Waals surface area contributed by atoms with Crippen molar-refractivity contribution in [2.75, 3.05) is 6.54 Å². The van der Waals surface area contributed by atoms with Gasteiger partial charge in [0.15, 0.2) is 0 Å². The molecule has 2 aromatic heterocycles. The van der Waals surface area contributed by atoms with E-state index in [4.69, 9.17) is 0 Å². The second kappa shape index (κ2) is 3.98. The van der Waals surface area contributed by atoms with E-state index in [1.807, 2.05) is 0 Å². The fourth-order valence-corrected chi connectivity index (χ4v) is 2.28. The molecule has 1 saturated heterocycles. The second-order valence-corrected chi connectivity index (χ2v) is 4.50. The number of nitrogens with one attached hydrogen (secondary N) is 1. The highest BCUT2D eigenvalue weighted by atomic mass is 19.4. The third kappa shape index (κ3) is 1.96. The van der Waals surface area contributed by atoms with Crippen LogP contribution in [0.4, 0.5) is 13.2 Å². The van der Waals surface area contributed by atoms with E-state index < -0.39 is 11.7 Å². The molecular formula is C12H12F3N3. The third-order valence-corrected chi connectivity index (χ3v) is 3.21. The smallest absolute Gasteiger partial charge is 0.309 e. The van der Waals surface area contributed by atoms with Gasteiger partial charge < -0.3 is 9.72 Å². The lowest BCUT2D eigenvalue weighted by Gasteiger charge is -2.06. The van der Waals surface area contributed by atoms with E-state index >= 15 is 0 Å². The van der Waals surface area contributed by atoms with Gasteiger partial charge in [0.25, 0.3) is 0 Å². The molecule has 3 nitrogen and oxygen atoms in total. The molecule has 3 rings (SSSR count). The summed E-state index contributed by atoms with van der Waals surface area (Å²) in [6.07, 6.45) is 0.501. The molecule has 0 aliphatic carbocycles. The summed E-state index contributed by atoms with van der Waals surface area (Å²) in [5.74, 6) is 0. The van der Waals surface area contributed by atoms with Gasteiger partial charge in [0.05, 0.1) is 17.3 Å². The molecule has 1 fully saturated rings. The SMILES string of the molecule is FC(F)(F)c1ccc2nc(C3CCCN3)cn2c1. The quantitative estimate of drug-likeness (QED) is 0.849. The Hall–Kier alpha value is -1.56. The molecule has 96 valence electrons. The van der Waals surface area contributed by atoms with Crippen LogP contribution in [0.5, 0.6) is 0 Å². The topological polar surface area (TPSA) is 29.3 Å². The lowest BCUT2D eigenvalue weighted by molar-refractivity contribution is -0.137. The van der Waals surface area contributed by atoms with E-state index in [0.717, 1.165) is 37.3 Å². The van der Waals surface area contributed by atoms with E-state index in [9.17, 15) is 13.2 Å². The third-order valence-electron chi connectivity index (χ3n) is 3.21. The van der Waals surface area contributed by atoms with Crippen LogP contribution in [0.3, 0.4) is 0 Å². The first kappa shape index (κ1) is 11.5. The summed E-state index contributed by atoms with van der Waals surface area (Å²) < 4.78 is 39.2. The van der Waals surface area contributed by atoms with E-state index in [-0.39, 0.29) is 6.04 Å². The summed E-state index contributed by atoms with van der Waals surface area (Å²) in [4.78, 5) is 4.35. The molecule has 1 atom stereocenters. The van der Waals surface area contributed by atoms with Gasteiger partial charge in [0, 0.05) is 12.4 Å². The molecule has 6 heteroatoms. The lowest BCUT2D eigenvalue weighted by Crippen LogP contribution is -2.12. The maximum Gasteiger partial charge on any atom is 0.417 e. The summed E-state index contributed by atoms with van der Waals surface area (Å²) in [7, 11) is 0. The highest BCUT2D eigenvalue weighted by Crippen LogP contribution is 2.30. The van der Waals surface area contributed by atoms with E-state index in [1.165, 1.54) is 10.5 Å². The predicted molar refractivity (Wildman–Crippen MR) is 60.2 cm³/mol. The molecule has 0 aromatic carbocycles. The number of alkyl halides is 3. The molecule has 0 amide bonds. The minimum absolute atomic E-state index is 0.166. The van der Waals surface area contributed by atoms with Crippen molar-refractivity contribution in [3.05, 3.63) is 35.8 Å². The molecule has 0 spiro atoms. The second-order valence-electron chi connectivity index (χ2n) is 4.50. The number of hydrogen-bond donors (Lipinski definition) is 1. The molecule has 1 aliphatic heterocycles. The first-order chi connectivity index (χ1) is 8.54. The molecule has 1 aliphatic rings. The Kier molecular flexibility index (Phi) is 2.55. The first-order valence-corrected chi connectivity index (χ1v) is 5.83. The summed E-state index contributed by atoms with van der Waals surface area (Å²) in [6, 6.07) is 2.63. The van der Waals surface area contributed by atoms with Crippen LogP contribution in [0.1, 0.15) is 30.1 Å². The van der Waals surface area contributed by atoms with Gasteiger partial charge in [-0.05, 0) is 31.5 Å². The van der Waals surface area contributed by atoms with Crippen LogP contribution in [0.2, 0.25) is 0 Å². The van der Waals surface area contributed by atoms with E-state index in [0.29, 0.717) is 5.65 Å². The van der Waals surface area contributed by atoms with E-state index in [1.54, 1.807) is 6.20 Å². The Bertz CT molecular complexity index is 567. The van der Waals surface area contributed by atoms with Gasteiger partial charge in [-0.25, -0.2) is 4.98 Å². The molecule has 0 saturated carbocycles. The molecule has 2 aromatic rings. The van der Waals surface area contributed by atoms with Crippen LogP contribution < -0.4 is 5.32 Å². The minimum Gasteiger partial charge on any atom is -0.309 e. The number of aromatic nitrogens is 2. The molecule has 1 N–H and O–H groups in total. The molecular weight excluding hydrogens is 243 g/mol. The zero-order valence-corrected chi connectivity index (χ0v) is 9.54. The summed E-state index contributed by atoms with van der Waals surface area (Å²) >= 11 is 0. The molecule has 3 heterocycles. The first-order valence-electron chi connectivity index (χ1n) is 5.83. The monoisotopic (exact) mass is 255 g/mol. The molecule has 18 heavy (non-hydrogen) atoms. The number of rotatable bonds is 1. The molecule has 1 unspecified atom stereocenters. The van der Waals surface area contributed by atoms with Gasteiger partial charge in [-0.15, -0.1) is 0 Å². The summed E-state index contributed by atoms with van der Waals surface area (Å²) in [5, 5.41) is 3.28. The predicted octanol–water partition coefficient (Wildman–Crippen LogP) is 2.78. The Morgan fingerprint density at radius 1 is 1.28 bits per heavy atom. The van der Waals surface area contributed by atoms with Crippen LogP contribution in [-0.4, -0.2) is 15.9 Å². The van der Waals surface area contributed by atoms with Crippen molar-refractivity contribution in [1.82, 2.24) is 14.7 Å². The maximum atomic E-state index is 12.6. The average molecular weight is 255 g/mol. The Morgan fingerprint density at radius 2 is 2.11 bits per heavy atom. The fraction of sp³-hybridized carbons (Fsp3) is 0.417. The van der Waals surface area contributed by atoms with Gasteiger partial charge in [0.1, 0.15) is 5.65 Å². The van der Waals surface area contributed by atoms with Crippen molar-refractivity contribution in [2.24, 2.45) is 0 Å². The summed E-state index contributed by atoms with van der Waals surface area (Å²) in [5.41, 5.74) is 0.705. The zero-order chi connectivity index (χ0) is 12.8. The average Bonchev–Trinajstić information content (AvgIpc) is 2.95. The largest absolute Gasteiger partial charge is 0.417 e. The van der Waals surface area contributed by atoms with Gasteiger partial charge in [-0.3, -0.25) is 0 Å². The highest BCUT2D eigenvalue weighted by Gasteiger charge is 2.31. The minimum atomic E-state index is -4.32. The van der Waals surface area contributed by atoms with Crippen LogP contribution in [0.25, 0.3) is 5.65 Å². The fourth-order valence-electron chi connectivity index (χ4n) is 2.28. The number of fused-ring (bicyclic) bond motifs is 1. The summed E-state index contributed by atoms with van der Waals surface area (Å²) in [6.45, 7) is 0.937. The standard InChI is InChI=1S/C12H12F3N3/c13-12(14,15)8-3-4-11-17-10(7-18(11)6-8)9-2-1-5-16-9/h3-4,6-7,9,16H,1-2,5H2. The van der Waals surface area contributed by atoms with Crippen LogP contribution >= 0.6 is 0 Å². The number of hydrogen-bond acceptors (Lipinski definition) is 2. The maximum absolute atomic E-state index is 12.6. The number of imidazole rings is 1. The zero-order valence-electron chi connectivity index (χ0n) is 9.54. The number of pyridine rings is 1. The Labute approximate surface area is 102 Å². The van der Waals surface area contributed by atoms with Crippen molar-refractivity contribution in [1.29, 1.82) is 0 Å². The molecule has 0 bridgehead atoms. The van der Waals surface area contributed by atoms with Crippen molar-refractivity contribution < 1.29 is 13.2 Å². The van der Waals surface area contributed by atoms with Gasteiger partial charge in [-0.2, -0.15) is 13.2 Å².